The van der Waals surface area contributed by atoms with Crippen LogP contribution in [0.4, 0.5) is 8.78 Å². The third-order valence-corrected chi connectivity index (χ3v) is 5.16. The molecule has 0 saturated heterocycles. The number of ether oxygens (including phenoxy) is 1. The molecule has 1 heterocycles. The summed E-state index contributed by atoms with van der Waals surface area (Å²) >= 11 is 0. The number of halogens is 2. The van der Waals surface area contributed by atoms with Gasteiger partial charge < -0.3 is 14.6 Å². The van der Waals surface area contributed by atoms with E-state index in [4.69, 9.17) is 0 Å². The fourth-order valence-corrected chi connectivity index (χ4v) is 3.70. The second-order valence-electron chi connectivity index (χ2n) is 7.19. The summed E-state index contributed by atoms with van der Waals surface area (Å²) in [6.45, 7) is -1.05. The normalized spacial score (nSPS) is 12.3. The Kier molecular flexibility index (Phi) is 5.66. The van der Waals surface area contributed by atoms with Gasteiger partial charge in [-0.3, -0.25) is 9.59 Å². The lowest BCUT2D eigenvalue weighted by atomic mass is 10.1. The number of para-hydroxylation sites is 2. The van der Waals surface area contributed by atoms with Gasteiger partial charge >= 0.3 is 6.61 Å². The average molecular weight is 422 g/mol. The van der Waals surface area contributed by atoms with Gasteiger partial charge in [0, 0.05) is 10.8 Å². The van der Waals surface area contributed by atoms with Crippen LogP contribution in [0, 0.1) is 0 Å². The molecular formula is C24H20F2N2O3. The second-order valence-corrected chi connectivity index (χ2v) is 7.19. The molecule has 31 heavy (non-hydrogen) atoms. The van der Waals surface area contributed by atoms with Crippen molar-refractivity contribution < 1.29 is 18.3 Å². The first-order valence-corrected chi connectivity index (χ1v) is 9.78. The first-order valence-electron chi connectivity index (χ1n) is 9.78. The van der Waals surface area contributed by atoms with Crippen molar-refractivity contribution in [2.24, 2.45) is 0 Å². The van der Waals surface area contributed by atoms with Crippen molar-refractivity contribution in [3.05, 3.63) is 88.6 Å². The Labute approximate surface area is 176 Å². The first-order chi connectivity index (χ1) is 14.9. The maximum absolute atomic E-state index is 12.8. The summed E-state index contributed by atoms with van der Waals surface area (Å²) in [5.74, 6) is -0.178. The monoisotopic (exact) mass is 422 g/mol. The summed E-state index contributed by atoms with van der Waals surface area (Å²) in [5, 5.41) is 4.03. The number of nitrogens with one attached hydrogen (secondary N) is 1. The van der Waals surface area contributed by atoms with E-state index in [0.29, 0.717) is 21.8 Å². The van der Waals surface area contributed by atoms with E-state index in [1.165, 1.54) is 12.1 Å². The molecule has 0 aliphatic heterocycles. The Bertz CT molecular complexity index is 1240. The molecule has 5 nitrogen and oxygen atoms in total. The number of aromatic nitrogens is 1. The number of fused-ring (bicyclic) bond motifs is 2. The lowest BCUT2D eigenvalue weighted by Gasteiger charge is -2.18. The summed E-state index contributed by atoms with van der Waals surface area (Å²) in [7, 11) is 0. The lowest BCUT2D eigenvalue weighted by Crippen LogP contribution is -2.30. The van der Waals surface area contributed by atoms with E-state index >= 15 is 0 Å². The van der Waals surface area contributed by atoms with Crippen LogP contribution in [0.25, 0.3) is 21.8 Å². The quantitative estimate of drug-likeness (QED) is 0.461. The van der Waals surface area contributed by atoms with Gasteiger partial charge in [-0.25, -0.2) is 0 Å². The molecule has 0 radical (unpaired) electrons. The van der Waals surface area contributed by atoms with Gasteiger partial charge in [-0.2, -0.15) is 8.78 Å². The molecule has 1 N–H and O–H groups in total. The third kappa shape index (κ3) is 4.26. The molecule has 0 fully saturated rings. The fraction of sp³-hybridized carbons (Fsp3) is 0.167. The van der Waals surface area contributed by atoms with Crippen LogP contribution in [0.5, 0.6) is 5.75 Å². The summed E-state index contributed by atoms with van der Waals surface area (Å²) in [6.07, 6.45) is 0. The Morgan fingerprint density at radius 3 is 2.03 bits per heavy atom. The topological polar surface area (TPSA) is 60.3 Å². The number of alkyl halides is 2. The van der Waals surface area contributed by atoms with Gasteiger partial charge in [0.15, 0.2) is 5.43 Å². The van der Waals surface area contributed by atoms with Crippen LogP contribution < -0.4 is 15.5 Å². The number of benzene rings is 3. The van der Waals surface area contributed by atoms with Crippen molar-refractivity contribution in [3.63, 3.8) is 0 Å². The van der Waals surface area contributed by atoms with Gasteiger partial charge in [0.1, 0.15) is 12.3 Å². The number of amides is 1. The number of carbonyl (C=O) groups excluding carboxylic acids is 1. The molecule has 3 aromatic carbocycles. The van der Waals surface area contributed by atoms with E-state index in [1.54, 1.807) is 36.4 Å². The lowest BCUT2D eigenvalue weighted by molar-refractivity contribution is -0.122. The fourth-order valence-electron chi connectivity index (χ4n) is 3.70. The maximum Gasteiger partial charge on any atom is 0.387 e. The molecule has 0 saturated carbocycles. The summed E-state index contributed by atoms with van der Waals surface area (Å²) in [5.41, 5.74) is 2.05. The molecule has 4 aromatic rings. The zero-order chi connectivity index (χ0) is 22.0. The van der Waals surface area contributed by atoms with Crippen molar-refractivity contribution in [1.82, 2.24) is 9.88 Å². The van der Waals surface area contributed by atoms with Crippen LogP contribution in [0.1, 0.15) is 18.5 Å². The molecule has 1 unspecified atom stereocenters. The van der Waals surface area contributed by atoms with Gasteiger partial charge in [0.05, 0.1) is 17.1 Å². The van der Waals surface area contributed by atoms with Gasteiger partial charge in [0.2, 0.25) is 5.91 Å². The minimum absolute atomic E-state index is 0.0260. The summed E-state index contributed by atoms with van der Waals surface area (Å²) < 4.78 is 30.8. The smallest absolute Gasteiger partial charge is 0.387 e. The molecule has 4 rings (SSSR count). The molecular weight excluding hydrogens is 402 g/mol. The number of rotatable bonds is 6. The van der Waals surface area contributed by atoms with Gasteiger partial charge in [-0.1, -0.05) is 36.4 Å². The Balaban J connectivity index is 1.60. The molecule has 1 atom stereocenters. The summed E-state index contributed by atoms with van der Waals surface area (Å²) in [6, 6.07) is 20.2. The van der Waals surface area contributed by atoms with E-state index in [0.717, 1.165) is 5.56 Å². The van der Waals surface area contributed by atoms with Crippen molar-refractivity contribution in [2.75, 3.05) is 0 Å². The van der Waals surface area contributed by atoms with Crippen LogP contribution in [0.3, 0.4) is 0 Å². The minimum atomic E-state index is -2.88. The van der Waals surface area contributed by atoms with Crippen molar-refractivity contribution in [1.29, 1.82) is 0 Å². The van der Waals surface area contributed by atoms with Crippen LogP contribution in [0.15, 0.2) is 77.6 Å². The van der Waals surface area contributed by atoms with Crippen LogP contribution >= 0.6 is 0 Å². The molecule has 0 bridgehead atoms. The predicted molar refractivity (Wildman–Crippen MR) is 115 cm³/mol. The number of carbonyl (C=O) groups is 1. The van der Waals surface area contributed by atoms with E-state index in [1.807, 2.05) is 35.8 Å². The summed E-state index contributed by atoms with van der Waals surface area (Å²) in [4.78, 5) is 25.7. The number of hydrogen-bond donors (Lipinski definition) is 1. The number of nitrogens with zero attached hydrogens (tertiary/aromatic N) is 1. The highest BCUT2D eigenvalue weighted by Gasteiger charge is 2.15. The molecule has 0 aliphatic carbocycles. The highest BCUT2D eigenvalue weighted by atomic mass is 19.3. The molecule has 0 aliphatic rings. The van der Waals surface area contributed by atoms with Crippen molar-refractivity contribution in [3.8, 4) is 5.75 Å². The second kappa shape index (κ2) is 8.55. The highest BCUT2D eigenvalue weighted by molar-refractivity contribution is 5.94. The average Bonchev–Trinajstić information content (AvgIpc) is 2.76. The van der Waals surface area contributed by atoms with Crippen molar-refractivity contribution in [2.45, 2.75) is 26.1 Å². The zero-order valence-corrected chi connectivity index (χ0v) is 16.7. The van der Waals surface area contributed by atoms with Crippen LogP contribution in [-0.2, 0) is 11.3 Å². The predicted octanol–water partition coefficient (Wildman–Crippen LogP) is 4.63. The highest BCUT2D eigenvalue weighted by Crippen LogP contribution is 2.21. The first kappa shape index (κ1) is 20.5. The molecule has 158 valence electrons. The Morgan fingerprint density at radius 1 is 0.935 bits per heavy atom. The largest absolute Gasteiger partial charge is 0.435 e. The Hall–Kier alpha value is -3.74. The van der Waals surface area contributed by atoms with E-state index in [9.17, 15) is 18.4 Å². The number of hydrogen-bond acceptors (Lipinski definition) is 3. The van der Waals surface area contributed by atoms with Gasteiger partial charge in [-0.05, 0) is 48.9 Å². The Morgan fingerprint density at radius 2 is 1.48 bits per heavy atom. The van der Waals surface area contributed by atoms with Crippen molar-refractivity contribution >= 4 is 27.7 Å². The van der Waals surface area contributed by atoms with E-state index in [2.05, 4.69) is 10.1 Å². The third-order valence-electron chi connectivity index (χ3n) is 5.16. The van der Waals surface area contributed by atoms with Gasteiger partial charge in [0.25, 0.3) is 0 Å². The standard InChI is InChI=1S/C24H20F2N2O3/c1-15(16-10-12-17(13-11-16)31-24(25)26)27-22(29)14-28-20-8-4-2-6-18(20)23(30)19-7-3-5-9-21(19)28/h2-13,15,24H,14H2,1H3,(H,27,29). The minimum Gasteiger partial charge on any atom is -0.435 e. The molecule has 1 amide bonds. The van der Waals surface area contributed by atoms with E-state index < -0.39 is 6.61 Å². The van der Waals surface area contributed by atoms with E-state index in [-0.39, 0.29) is 29.7 Å². The molecule has 1 aromatic heterocycles. The van der Waals surface area contributed by atoms with Crippen LogP contribution in [0.2, 0.25) is 0 Å². The zero-order valence-electron chi connectivity index (χ0n) is 16.7. The number of pyridine rings is 1. The van der Waals surface area contributed by atoms with Gasteiger partial charge in [-0.15, -0.1) is 0 Å². The SMILES string of the molecule is CC(NC(=O)Cn1c2ccccc2c(=O)c2ccccc21)c1ccc(OC(F)F)cc1. The molecule has 0 spiro atoms. The molecule has 7 heteroatoms. The maximum atomic E-state index is 12.8. The van der Waals surface area contributed by atoms with Crippen LogP contribution in [-0.4, -0.2) is 17.1 Å².